The second-order valence-electron chi connectivity index (χ2n) is 3.05. The molecule has 0 aromatic heterocycles. The lowest BCUT2D eigenvalue weighted by atomic mass is 10.2. The van der Waals surface area contributed by atoms with Gasteiger partial charge in [-0.15, -0.1) is 0 Å². The number of aliphatic hydroxyl groups is 1. The standard InChI is InChI=1S/C10H12F2OS/c1-7(5-13)14-6-8-2-3-9(11)10(12)4-8/h2-4,7,13H,5-6H2,1H3. The number of benzene rings is 1. The van der Waals surface area contributed by atoms with Crippen LogP contribution in [0, 0.1) is 11.6 Å². The van der Waals surface area contributed by atoms with Gasteiger partial charge in [-0.1, -0.05) is 13.0 Å². The molecule has 1 nitrogen and oxygen atoms in total. The lowest BCUT2D eigenvalue weighted by molar-refractivity contribution is 0.300. The summed E-state index contributed by atoms with van der Waals surface area (Å²) >= 11 is 1.50. The molecule has 0 bridgehead atoms. The summed E-state index contributed by atoms with van der Waals surface area (Å²) in [6, 6.07) is 3.86. The molecular weight excluding hydrogens is 206 g/mol. The molecule has 1 N–H and O–H groups in total. The molecule has 0 heterocycles. The molecule has 1 atom stereocenters. The highest BCUT2D eigenvalue weighted by Gasteiger charge is 2.04. The van der Waals surface area contributed by atoms with Gasteiger partial charge in [0.1, 0.15) is 0 Å². The first-order valence-electron chi connectivity index (χ1n) is 4.30. The fourth-order valence-corrected chi connectivity index (χ4v) is 1.68. The quantitative estimate of drug-likeness (QED) is 0.838. The molecule has 0 aliphatic carbocycles. The van der Waals surface area contributed by atoms with Crippen molar-refractivity contribution in [1.29, 1.82) is 0 Å². The average Bonchev–Trinajstić information content (AvgIpc) is 2.19. The highest BCUT2D eigenvalue weighted by atomic mass is 32.2. The van der Waals surface area contributed by atoms with Crippen LogP contribution in [0.3, 0.4) is 0 Å². The summed E-state index contributed by atoms with van der Waals surface area (Å²) in [6.45, 7) is 1.97. The van der Waals surface area contributed by atoms with E-state index in [1.165, 1.54) is 17.8 Å². The lowest BCUT2D eigenvalue weighted by Gasteiger charge is -2.07. The Bertz CT molecular complexity index is 304. The Morgan fingerprint density at radius 2 is 2.07 bits per heavy atom. The molecule has 14 heavy (non-hydrogen) atoms. The van der Waals surface area contributed by atoms with E-state index in [0.29, 0.717) is 5.75 Å². The Kier molecular flexibility index (Phi) is 4.35. The van der Waals surface area contributed by atoms with Crippen LogP contribution in [-0.4, -0.2) is 17.0 Å². The topological polar surface area (TPSA) is 20.2 Å². The molecule has 1 aromatic carbocycles. The van der Waals surface area contributed by atoms with Gasteiger partial charge in [0.05, 0.1) is 6.61 Å². The Morgan fingerprint density at radius 3 is 2.64 bits per heavy atom. The fourth-order valence-electron chi connectivity index (χ4n) is 0.921. The molecule has 1 unspecified atom stereocenters. The Hall–Kier alpha value is -0.610. The minimum absolute atomic E-state index is 0.0916. The summed E-state index contributed by atoms with van der Waals surface area (Å²) in [7, 11) is 0. The third-order valence-corrected chi connectivity index (χ3v) is 2.99. The number of hydrogen-bond acceptors (Lipinski definition) is 2. The van der Waals surface area contributed by atoms with Crippen molar-refractivity contribution in [1.82, 2.24) is 0 Å². The minimum Gasteiger partial charge on any atom is -0.395 e. The molecule has 0 saturated heterocycles. The van der Waals surface area contributed by atoms with E-state index in [9.17, 15) is 8.78 Å². The van der Waals surface area contributed by atoms with Crippen LogP contribution in [0.5, 0.6) is 0 Å². The predicted molar refractivity (Wildman–Crippen MR) is 54.2 cm³/mol. The van der Waals surface area contributed by atoms with Gasteiger partial charge in [0.25, 0.3) is 0 Å². The van der Waals surface area contributed by atoms with E-state index in [1.807, 2.05) is 6.92 Å². The van der Waals surface area contributed by atoms with Crippen LogP contribution in [0.2, 0.25) is 0 Å². The first-order valence-corrected chi connectivity index (χ1v) is 5.34. The number of thioether (sulfide) groups is 1. The molecule has 1 aromatic rings. The summed E-state index contributed by atoms with van der Waals surface area (Å²) in [6.07, 6.45) is 0. The highest BCUT2D eigenvalue weighted by Crippen LogP contribution is 2.18. The second kappa shape index (κ2) is 5.32. The summed E-state index contributed by atoms with van der Waals surface area (Å²) in [4.78, 5) is 0. The first kappa shape index (κ1) is 11.5. The summed E-state index contributed by atoms with van der Waals surface area (Å²) in [5.41, 5.74) is 0.731. The Morgan fingerprint density at radius 1 is 1.36 bits per heavy atom. The van der Waals surface area contributed by atoms with Crippen molar-refractivity contribution in [2.24, 2.45) is 0 Å². The number of rotatable bonds is 4. The maximum atomic E-state index is 12.8. The van der Waals surface area contributed by atoms with Crippen LogP contribution < -0.4 is 0 Å². The van der Waals surface area contributed by atoms with Crippen molar-refractivity contribution >= 4 is 11.8 Å². The molecule has 0 aliphatic rings. The molecule has 0 aliphatic heterocycles. The van der Waals surface area contributed by atoms with E-state index >= 15 is 0 Å². The zero-order valence-corrected chi connectivity index (χ0v) is 8.65. The molecular formula is C10H12F2OS. The second-order valence-corrected chi connectivity index (χ2v) is 4.48. The van der Waals surface area contributed by atoms with E-state index in [2.05, 4.69) is 0 Å². The molecule has 0 radical (unpaired) electrons. The van der Waals surface area contributed by atoms with Crippen LogP contribution in [0.4, 0.5) is 8.78 Å². The monoisotopic (exact) mass is 218 g/mol. The Labute approximate surface area is 86.1 Å². The third kappa shape index (κ3) is 3.27. The van der Waals surface area contributed by atoms with Gasteiger partial charge in [-0.3, -0.25) is 0 Å². The zero-order chi connectivity index (χ0) is 10.6. The third-order valence-electron chi connectivity index (χ3n) is 1.78. The molecule has 4 heteroatoms. The normalized spacial score (nSPS) is 12.9. The average molecular weight is 218 g/mol. The Balaban J connectivity index is 2.55. The van der Waals surface area contributed by atoms with Gasteiger partial charge in [-0.05, 0) is 17.7 Å². The summed E-state index contributed by atoms with van der Waals surface area (Å²) in [5.74, 6) is -1.06. The van der Waals surface area contributed by atoms with E-state index in [0.717, 1.165) is 11.6 Å². The van der Waals surface area contributed by atoms with Gasteiger partial charge in [-0.2, -0.15) is 11.8 Å². The fraction of sp³-hybridized carbons (Fsp3) is 0.400. The van der Waals surface area contributed by atoms with Gasteiger partial charge < -0.3 is 5.11 Å². The predicted octanol–water partition coefficient (Wildman–Crippen LogP) is 2.58. The number of aliphatic hydroxyl groups excluding tert-OH is 1. The van der Waals surface area contributed by atoms with Gasteiger partial charge in [0, 0.05) is 11.0 Å². The highest BCUT2D eigenvalue weighted by molar-refractivity contribution is 7.99. The van der Waals surface area contributed by atoms with Crippen molar-refractivity contribution in [3.63, 3.8) is 0 Å². The number of halogens is 2. The molecule has 0 spiro atoms. The lowest BCUT2D eigenvalue weighted by Crippen LogP contribution is -2.02. The smallest absolute Gasteiger partial charge is 0.159 e. The van der Waals surface area contributed by atoms with Crippen LogP contribution >= 0.6 is 11.8 Å². The van der Waals surface area contributed by atoms with E-state index in [4.69, 9.17) is 5.11 Å². The van der Waals surface area contributed by atoms with E-state index in [-0.39, 0.29) is 11.9 Å². The molecule has 78 valence electrons. The SMILES string of the molecule is CC(CO)SCc1ccc(F)c(F)c1. The summed E-state index contributed by atoms with van der Waals surface area (Å²) in [5, 5.41) is 8.87. The van der Waals surface area contributed by atoms with Crippen LogP contribution in [-0.2, 0) is 5.75 Å². The van der Waals surface area contributed by atoms with Crippen LogP contribution in [0.15, 0.2) is 18.2 Å². The van der Waals surface area contributed by atoms with Crippen molar-refractivity contribution in [3.8, 4) is 0 Å². The van der Waals surface area contributed by atoms with Crippen molar-refractivity contribution in [3.05, 3.63) is 35.4 Å². The minimum atomic E-state index is -0.825. The van der Waals surface area contributed by atoms with E-state index < -0.39 is 11.6 Å². The van der Waals surface area contributed by atoms with Gasteiger partial charge in [0.15, 0.2) is 11.6 Å². The number of hydrogen-bond donors (Lipinski definition) is 1. The van der Waals surface area contributed by atoms with Crippen molar-refractivity contribution in [2.75, 3.05) is 6.61 Å². The zero-order valence-electron chi connectivity index (χ0n) is 7.84. The maximum absolute atomic E-state index is 12.8. The molecule has 0 saturated carbocycles. The molecule has 0 amide bonds. The van der Waals surface area contributed by atoms with Crippen molar-refractivity contribution in [2.45, 2.75) is 17.9 Å². The summed E-state index contributed by atoms with van der Waals surface area (Å²) < 4.78 is 25.3. The van der Waals surface area contributed by atoms with Gasteiger partial charge >= 0.3 is 0 Å². The molecule has 0 fully saturated rings. The van der Waals surface area contributed by atoms with Crippen LogP contribution in [0.25, 0.3) is 0 Å². The largest absolute Gasteiger partial charge is 0.395 e. The maximum Gasteiger partial charge on any atom is 0.159 e. The first-order chi connectivity index (χ1) is 6.63. The van der Waals surface area contributed by atoms with Crippen molar-refractivity contribution < 1.29 is 13.9 Å². The van der Waals surface area contributed by atoms with Gasteiger partial charge in [0.2, 0.25) is 0 Å². The molecule has 1 rings (SSSR count). The van der Waals surface area contributed by atoms with E-state index in [1.54, 1.807) is 6.07 Å². The van der Waals surface area contributed by atoms with Crippen LogP contribution in [0.1, 0.15) is 12.5 Å². The van der Waals surface area contributed by atoms with Gasteiger partial charge in [-0.25, -0.2) is 8.78 Å².